The van der Waals surface area contributed by atoms with Gasteiger partial charge in [-0.3, -0.25) is 4.79 Å². The van der Waals surface area contributed by atoms with Gasteiger partial charge in [-0.25, -0.2) is 8.42 Å². The smallest absolute Gasteiger partial charge is 0.321 e. The molecule has 0 atom stereocenters. The summed E-state index contributed by atoms with van der Waals surface area (Å²) in [5, 5.41) is 1.43. The van der Waals surface area contributed by atoms with Crippen molar-refractivity contribution < 1.29 is 17.9 Å². The molecule has 0 aliphatic heterocycles. The van der Waals surface area contributed by atoms with Gasteiger partial charge in [0.25, 0.3) is 0 Å². The summed E-state index contributed by atoms with van der Waals surface area (Å²) >= 11 is 0. The molecule has 0 bridgehead atoms. The lowest BCUT2D eigenvalue weighted by Crippen LogP contribution is -2.31. The standard InChI is InChI=1S/C17H22N2O4S/c1-12(2)23-17(20)11-18-24(21,22)16-10-6-7-13-14(16)8-5-9-15(13)19(3)4/h5-10,12,18H,11H2,1-4H3. The number of rotatable bonds is 6. The second-order valence-corrected chi connectivity index (χ2v) is 7.62. The minimum absolute atomic E-state index is 0.140. The molecule has 0 radical (unpaired) electrons. The van der Waals surface area contributed by atoms with Gasteiger partial charge in [0.1, 0.15) is 6.54 Å². The summed E-state index contributed by atoms with van der Waals surface area (Å²) < 4.78 is 32.4. The predicted molar refractivity (Wildman–Crippen MR) is 94.7 cm³/mol. The molecule has 2 aromatic carbocycles. The third-order valence-electron chi connectivity index (χ3n) is 3.40. The molecule has 0 amide bonds. The molecule has 2 aromatic rings. The number of nitrogens with zero attached hydrogens (tertiary/aromatic N) is 1. The van der Waals surface area contributed by atoms with E-state index >= 15 is 0 Å². The Morgan fingerprint density at radius 2 is 1.75 bits per heavy atom. The molecular weight excluding hydrogens is 328 g/mol. The highest BCUT2D eigenvalue weighted by Gasteiger charge is 2.20. The summed E-state index contributed by atoms with van der Waals surface area (Å²) in [5.41, 5.74) is 0.920. The average molecular weight is 350 g/mol. The van der Waals surface area contributed by atoms with Crippen LogP contribution in [0.2, 0.25) is 0 Å². The van der Waals surface area contributed by atoms with Crippen LogP contribution in [-0.2, 0) is 19.6 Å². The maximum Gasteiger partial charge on any atom is 0.321 e. The highest BCUT2D eigenvalue weighted by molar-refractivity contribution is 7.89. The van der Waals surface area contributed by atoms with E-state index in [2.05, 4.69) is 4.72 Å². The van der Waals surface area contributed by atoms with Crippen LogP contribution in [0.1, 0.15) is 13.8 Å². The number of carbonyl (C=O) groups excluding carboxylic acids is 1. The molecule has 7 heteroatoms. The van der Waals surface area contributed by atoms with Gasteiger partial charge in [0.05, 0.1) is 11.0 Å². The van der Waals surface area contributed by atoms with Crippen LogP contribution in [0.4, 0.5) is 5.69 Å². The zero-order valence-corrected chi connectivity index (χ0v) is 15.1. The first kappa shape index (κ1) is 18.2. The highest BCUT2D eigenvalue weighted by Crippen LogP contribution is 2.29. The normalized spacial score (nSPS) is 11.7. The molecule has 0 heterocycles. The van der Waals surface area contributed by atoms with Crippen molar-refractivity contribution in [1.82, 2.24) is 4.72 Å². The van der Waals surface area contributed by atoms with Gasteiger partial charge in [-0.15, -0.1) is 0 Å². The van der Waals surface area contributed by atoms with Crippen molar-refractivity contribution in [2.75, 3.05) is 25.5 Å². The van der Waals surface area contributed by atoms with E-state index in [4.69, 9.17) is 4.74 Å². The van der Waals surface area contributed by atoms with Crippen LogP contribution in [0.15, 0.2) is 41.3 Å². The van der Waals surface area contributed by atoms with Crippen LogP contribution in [0.3, 0.4) is 0 Å². The number of hydrogen-bond donors (Lipinski definition) is 1. The van der Waals surface area contributed by atoms with Gasteiger partial charge in [0, 0.05) is 30.6 Å². The molecular formula is C17H22N2O4S. The first-order chi connectivity index (χ1) is 11.2. The van der Waals surface area contributed by atoms with Crippen molar-refractivity contribution in [1.29, 1.82) is 0 Å². The first-order valence-electron chi connectivity index (χ1n) is 7.60. The fraction of sp³-hybridized carbons (Fsp3) is 0.353. The topological polar surface area (TPSA) is 75.7 Å². The largest absolute Gasteiger partial charge is 0.462 e. The second-order valence-electron chi connectivity index (χ2n) is 5.89. The summed E-state index contributed by atoms with van der Waals surface area (Å²) in [6.45, 7) is 3.02. The van der Waals surface area contributed by atoms with E-state index in [1.165, 1.54) is 6.07 Å². The third-order valence-corrected chi connectivity index (χ3v) is 4.86. The van der Waals surface area contributed by atoms with Gasteiger partial charge in [-0.05, 0) is 26.0 Å². The molecule has 0 saturated heterocycles. The predicted octanol–water partition coefficient (Wildman–Crippen LogP) is 2.14. The van der Waals surface area contributed by atoms with Gasteiger partial charge in [0.2, 0.25) is 10.0 Å². The van der Waals surface area contributed by atoms with Gasteiger partial charge < -0.3 is 9.64 Å². The van der Waals surface area contributed by atoms with Crippen LogP contribution in [-0.4, -0.2) is 41.1 Å². The number of anilines is 1. The Morgan fingerprint density at radius 3 is 2.38 bits per heavy atom. The lowest BCUT2D eigenvalue weighted by atomic mass is 10.1. The molecule has 6 nitrogen and oxygen atoms in total. The Balaban J connectivity index is 2.37. The van der Waals surface area contributed by atoms with E-state index in [1.807, 2.05) is 37.2 Å². The van der Waals surface area contributed by atoms with E-state index in [1.54, 1.807) is 26.0 Å². The van der Waals surface area contributed by atoms with E-state index in [9.17, 15) is 13.2 Å². The minimum atomic E-state index is -3.83. The van der Waals surface area contributed by atoms with Crippen LogP contribution in [0.25, 0.3) is 10.8 Å². The Labute approximate surface area is 142 Å². The monoisotopic (exact) mass is 350 g/mol. The lowest BCUT2D eigenvalue weighted by molar-refractivity contribution is -0.145. The minimum Gasteiger partial charge on any atom is -0.462 e. The molecule has 130 valence electrons. The Kier molecular flexibility index (Phi) is 5.46. The molecule has 0 fully saturated rings. The number of hydrogen-bond acceptors (Lipinski definition) is 5. The van der Waals surface area contributed by atoms with Crippen molar-refractivity contribution >= 4 is 32.5 Å². The van der Waals surface area contributed by atoms with Gasteiger partial charge in [-0.1, -0.05) is 24.3 Å². The number of fused-ring (bicyclic) bond motifs is 1. The molecule has 0 aliphatic rings. The molecule has 1 N–H and O–H groups in total. The molecule has 0 aliphatic carbocycles. The number of esters is 1. The maximum atomic E-state index is 12.6. The van der Waals surface area contributed by atoms with E-state index < -0.39 is 22.5 Å². The molecule has 0 aromatic heterocycles. The van der Waals surface area contributed by atoms with Crippen LogP contribution in [0, 0.1) is 0 Å². The molecule has 24 heavy (non-hydrogen) atoms. The number of benzene rings is 2. The lowest BCUT2D eigenvalue weighted by Gasteiger charge is -2.17. The molecule has 0 spiro atoms. The Hall–Kier alpha value is -2.12. The Bertz CT molecular complexity index is 845. The fourth-order valence-electron chi connectivity index (χ4n) is 2.43. The number of carbonyl (C=O) groups is 1. The van der Waals surface area contributed by atoms with Gasteiger partial charge in [0.15, 0.2) is 0 Å². The summed E-state index contributed by atoms with van der Waals surface area (Å²) in [5.74, 6) is -0.609. The summed E-state index contributed by atoms with van der Waals surface area (Å²) in [6, 6.07) is 10.6. The van der Waals surface area contributed by atoms with Crippen molar-refractivity contribution in [2.45, 2.75) is 24.8 Å². The first-order valence-corrected chi connectivity index (χ1v) is 9.09. The number of ether oxygens (including phenoxy) is 1. The summed E-state index contributed by atoms with van der Waals surface area (Å²) in [6.07, 6.45) is -0.290. The highest BCUT2D eigenvalue weighted by atomic mass is 32.2. The van der Waals surface area contributed by atoms with Crippen molar-refractivity contribution in [3.05, 3.63) is 36.4 Å². The molecule has 0 unspecified atom stereocenters. The summed E-state index contributed by atoms with van der Waals surface area (Å²) in [7, 11) is -0.0317. The fourth-order valence-corrected chi connectivity index (χ4v) is 3.61. The van der Waals surface area contributed by atoms with Crippen LogP contribution in [0.5, 0.6) is 0 Å². The van der Waals surface area contributed by atoms with Gasteiger partial charge >= 0.3 is 5.97 Å². The zero-order chi connectivity index (χ0) is 17.9. The van der Waals surface area contributed by atoms with E-state index in [0.717, 1.165) is 11.1 Å². The third kappa shape index (κ3) is 4.04. The van der Waals surface area contributed by atoms with Crippen LogP contribution >= 0.6 is 0 Å². The quantitative estimate of drug-likeness (QED) is 0.808. The van der Waals surface area contributed by atoms with Crippen molar-refractivity contribution in [3.63, 3.8) is 0 Å². The summed E-state index contributed by atoms with van der Waals surface area (Å²) in [4.78, 5) is 13.6. The van der Waals surface area contributed by atoms with E-state index in [0.29, 0.717) is 5.39 Å². The number of sulfonamides is 1. The average Bonchev–Trinajstić information content (AvgIpc) is 2.51. The molecule has 2 rings (SSSR count). The van der Waals surface area contributed by atoms with Gasteiger partial charge in [-0.2, -0.15) is 4.72 Å². The SMILES string of the molecule is CC(C)OC(=O)CNS(=O)(=O)c1cccc2c(N(C)C)cccc12. The van der Waals surface area contributed by atoms with E-state index in [-0.39, 0.29) is 11.0 Å². The van der Waals surface area contributed by atoms with Crippen molar-refractivity contribution in [2.24, 2.45) is 0 Å². The van der Waals surface area contributed by atoms with Crippen LogP contribution < -0.4 is 9.62 Å². The zero-order valence-electron chi connectivity index (χ0n) is 14.2. The molecule has 0 saturated carbocycles. The Morgan fingerprint density at radius 1 is 1.12 bits per heavy atom. The maximum absolute atomic E-state index is 12.6. The number of nitrogens with one attached hydrogen (secondary N) is 1. The second kappa shape index (κ2) is 7.19. The van der Waals surface area contributed by atoms with Crippen molar-refractivity contribution in [3.8, 4) is 0 Å².